The molecule has 0 spiro atoms. The molecule has 2 fully saturated rings. The van der Waals surface area contributed by atoms with Crippen LogP contribution in [0, 0.1) is 0 Å². The molecule has 180 valence electrons. The molecule has 0 bridgehead atoms. The van der Waals surface area contributed by atoms with Crippen LogP contribution in [0.3, 0.4) is 0 Å². The second-order valence-corrected chi connectivity index (χ2v) is 9.44. The van der Waals surface area contributed by atoms with Crippen LogP contribution in [0.2, 0.25) is 5.02 Å². The number of nitrogens with zero attached hydrogens (tertiary/aromatic N) is 4. The van der Waals surface area contributed by atoms with Gasteiger partial charge in [0.1, 0.15) is 0 Å². The highest BCUT2D eigenvalue weighted by Crippen LogP contribution is 2.24. The van der Waals surface area contributed by atoms with Crippen LogP contribution >= 0.6 is 11.6 Å². The number of halogens is 1. The van der Waals surface area contributed by atoms with E-state index in [2.05, 4.69) is 17.0 Å². The largest absolute Gasteiger partial charge is 0.368 e. The number of hydrogen-bond acceptors (Lipinski definition) is 3. The van der Waals surface area contributed by atoms with Gasteiger partial charge < -0.3 is 14.7 Å². The highest BCUT2D eigenvalue weighted by Gasteiger charge is 2.28. The van der Waals surface area contributed by atoms with Crippen molar-refractivity contribution in [3.05, 3.63) is 95.0 Å². The Hall–Kier alpha value is -3.51. The lowest BCUT2D eigenvalue weighted by Crippen LogP contribution is -2.49. The number of hydrogen-bond donors (Lipinski definition) is 0. The molecule has 0 unspecified atom stereocenters. The summed E-state index contributed by atoms with van der Waals surface area (Å²) in [7, 11) is 0. The Kier molecular flexibility index (Phi) is 6.91. The SMILES string of the molecule is O=C(c1cccc(N2CCCN(Cc3ccc(Cl)cc3)C2=O)c1)N1CCN(c2ccccc2)CC1. The zero-order chi connectivity index (χ0) is 24.2. The van der Waals surface area contributed by atoms with Crippen molar-refractivity contribution in [3.8, 4) is 0 Å². The van der Waals surface area contributed by atoms with E-state index in [0.29, 0.717) is 43.3 Å². The normalized spacial score (nSPS) is 16.5. The van der Waals surface area contributed by atoms with Gasteiger partial charge >= 0.3 is 6.03 Å². The summed E-state index contributed by atoms with van der Waals surface area (Å²) in [5.74, 6) is 0.0158. The molecule has 0 radical (unpaired) electrons. The van der Waals surface area contributed by atoms with Crippen LogP contribution in [-0.4, -0.2) is 61.0 Å². The Bertz CT molecular complexity index is 1180. The van der Waals surface area contributed by atoms with Crippen LogP contribution in [0.4, 0.5) is 16.2 Å². The molecule has 2 saturated heterocycles. The number of piperazine rings is 1. The van der Waals surface area contributed by atoms with Crippen molar-refractivity contribution < 1.29 is 9.59 Å². The Morgan fingerprint density at radius 3 is 2.23 bits per heavy atom. The molecular weight excluding hydrogens is 460 g/mol. The predicted octanol–water partition coefficient (Wildman–Crippen LogP) is 5.13. The maximum atomic E-state index is 13.3. The molecule has 0 N–H and O–H groups in total. The fraction of sp³-hybridized carbons (Fsp3) is 0.286. The van der Waals surface area contributed by atoms with Crippen molar-refractivity contribution in [2.45, 2.75) is 13.0 Å². The summed E-state index contributed by atoms with van der Waals surface area (Å²) >= 11 is 6.00. The average molecular weight is 489 g/mol. The summed E-state index contributed by atoms with van der Waals surface area (Å²) in [5, 5.41) is 0.684. The Morgan fingerprint density at radius 1 is 0.771 bits per heavy atom. The lowest BCUT2D eigenvalue weighted by Gasteiger charge is -2.37. The summed E-state index contributed by atoms with van der Waals surface area (Å²) < 4.78 is 0. The van der Waals surface area contributed by atoms with Gasteiger partial charge in [-0.05, 0) is 54.4 Å². The first-order chi connectivity index (χ1) is 17.1. The number of anilines is 2. The molecular formula is C28H29ClN4O2. The maximum absolute atomic E-state index is 13.3. The van der Waals surface area contributed by atoms with E-state index in [1.54, 1.807) is 4.90 Å². The van der Waals surface area contributed by atoms with Gasteiger partial charge in [0.15, 0.2) is 0 Å². The highest BCUT2D eigenvalue weighted by molar-refractivity contribution is 6.30. The fourth-order valence-corrected chi connectivity index (χ4v) is 4.90. The van der Waals surface area contributed by atoms with E-state index < -0.39 is 0 Å². The van der Waals surface area contributed by atoms with E-state index in [4.69, 9.17) is 11.6 Å². The third kappa shape index (κ3) is 5.28. The summed E-state index contributed by atoms with van der Waals surface area (Å²) in [6, 6.07) is 25.3. The molecule has 7 heteroatoms. The third-order valence-electron chi connectivity index (χ3n) is 6.69. The van der Waals surface area contributed by atoms with Gasteiger partial charge in [0, 0.05) is 67.8 Å². The van der Waals surface area contributed by atoms with Gasteiger partial charge in [-0.2, -0.15) is 0 Å². The fourth-order valence-electron chi connectivity index (χ4n) is 4.77. The van der Waals surface area contributed by atoms with Crippen LogP contribution in [0.5, 0.6) is 0 Å². The summed E-state index contributed by atoms with van der Waals surface area (Å²) in [5.41, 5.74) is 3.62. The van der Waals surface area contributed by atoms with E-state index in [1.165, 1.54) is 5.69 Å². The maximum Gasteiger partial charge on any atom is 0.324 e. The number of urea groups is 1. The molecule has 2 aliphatic rings. The van der Waals surface area contributed by atoms with Gasteiger partial charge in [0.25, 0.3) is 5.91 Å². The molecule has 6 nitrogen and oxygen atoms in total. The second kappa shape index (κ2) is 10.4. The number of amides is 3. The molecule has 3 aromatic rings. The van der Waals surface area contributed by atoms with Crippen LogP contribution in [0.1, 0.15) is 22.3 Å². The van der Waals surface area contributed by atoms with Gasteiger partial charge in [0.2, 0.25) is 0 Å². The summed E-state index contributed by atoms with van der Waals surface area (Å²) in [4.78, 5) is 34.4. The first kappa shape index (κ1) is 23.2. The first-order valence-corrected chi connectivity index (χ1v) is 12.5. The zero-order valence-electron chi connectivity index (χ0n) is 19.6. The number of para-hydroxylation sites is 1. The smallest absolute Gasteiger partial charge is 0.324 e. The molecule has 0 saturated carbocycles. The average Bonchev–Trinajstić information content (AvgIpc) is 2.91. The van der Waals surface area contributed by atoms with Gasteiger partial charge in [-0.3, -0.25) is 9.69 Å². The van der Waals surface area contributed by atoms with Crippen LogP contribution < -0.4 is 9.80 Å². The number of carbonyl (C=O) groups excluding carboxylic acids is 2. The number of benzene rings is 3. The second-order valence-electron chi connectivity index (χ2n) is 9.00. The Balaban J connectivity index is 1.24. The standard InChI is InChI=1S/C28H29ClN4O2/c29-24-12-10-22(11-13-24)21-32-14-5-15-33(28(32)35)26-9-4-6-23(20-26)27(34)31-18-16-30(17-19-31)25-7-2-1-3-8-25/h1-4,6-13,20H,5,14-19,21H2. The van der Waals surface area contributed by atoms with E-state index in [1.807, 2.05) is 76.5 Å². The Labute approximate surface area is 211 Å². The van der Waals surface area contributed by atoms with E-state index >= 15 is 0 Å². The molecule has 35 heavy (non-hydrogen) atoms. The van der Waals surface area contributed by atoms with Gasteiger partial charge in [0.05, 0.1) is 0 Å². The molecule has 3 aromatic carbocycles. The molecule has 3 amide bonds. The quantitative estimate of drug-likeness (QED) is 0.500. The van der Waals surface area contributed by atoms with Crippen molar-refractivity contribution in [1.29, 1.82) is 0 Å². The van der Waals surface area contributed by atoms with Gasteiger partial charge in [-0.25, -0.2) is 4.79 Å². The minimum atomic E-state index is -0.0349. The van der Waals surface area contributed by atoms with E-state index in [-0.39, 0.29) is 11.9 Å². The molecule has 2 aliphatic heterocycles. The molecule has 5 rings (SSSR count). The predicted molar refractivity (Wildman–Crippen MR) is 140 cm³/mol. The lowest BCUT2D eigenvalue weighted by atomic mass is 10.1. The topological polar surface area (TPSA) is 47.1 Å². The molecule has 0 aliphatic carbocycles. The first-order valence-electron chi connectivity index (χ1n) is 12.1. The van der Waals surface area contributed by atoms with Crippen molar-refractivity contribution in [1.82, 2.24) is 9.80 Å². The minimum Gasteiger partial charge on any atom is -0.368 e. The van der Waals surface area contributed by atoms with Crippen molar-refractivity contribution >= 4 is 34.9 Å². The minimum absolute atomic E-state index is 0.0158. The zero-order valence-corrected chi connectivity index (χ0v) is 20.4. The Morgan fingerprint density at radius 2 is 1.49 bits per heavy atom. The molecule has 0 aromatic heterocycles. The third-order valence-corrected chi connectivity index (χ3v) is 6.94. The van der Waals surface area contributed by atoms with Gasteiger partial charge in [-0.1, -0.05) is 48.0 Å². The number of carbonyl (C=O) groups is 2. The van der Waals surface area contributed by atoms with E-state index in [0.717, 1.165) is 30.8 Å². The lowest BCUT2D eigenvalue weighted by molar-refractivity contribution is 0.0746. The summed E-state index contributed by atoms with van der Waals surface area (Å²) in [6.45, 7) is 4.85. The van der Waals surface area contributed by atoms with E-state index in [9.17, 15) is 9.59 Å². The number of rotatable bonds is 5. The van der Waals surface area contributed by atoms with Crippen molar-refractivity contribution in [2.75, 3.05) is 49.1 Å². The highest BCUT2D eigenvalue weighted by atomic mass is 35.5. The van der Waals surface area contributed by atoms with Crippen molar-refractivity contribution in [2.24, 2.45) is 0 Å². The monoisotopic (exact) mass is 488 g/mol. The molecule has 0 atom stereocenters. The summed E-state index contributed by atoms with van der Waals surface area (Å²) in [6.07, 6.45) is 0.874. The molecule has 2 heterocycles. The van der Waals surface area contributed by atoms with Crippen LogP contribution in [0.15, 0.2) is 78.9 Å². The van der Waals surface area contributed by atoms with Crippen LogP contribution in [0.25, 0.3) is 0 Å². The van der Waals surface area contributed by atoms with Gasteiger partial charge in [-0.15, -0.1) is 0 Å². The van der Waals surface area contributed by atoms with Crippen LogP contribution in [-0.2, 0) is 6.54 Å². The van der Waals surface area contributed by atoms with Crippen molar-refractivity contribution in [3.63, 3.8) is 0 Å².